The van der Waals surface area contributed by atoms with E-state index in [1.165, 1.54) is 0 Å². The van der Waals surface area contributed by atoms with Crippen LogP contribution in [0.2, 0.25) is 10.0 Å². The van der Waals surface area contributed by atoms with Crippen LogP contribution in [0.1, 0.15) is 18.7 Å². The van der Waals surface area contributed by atoms with E-state index in [1.807, 2.05) is 13.0 Å². The summed E-state index contributed by atoms with van der Waals surface area (Å²) in [5.41, 5.74) is 1.58. The van der Waals surface area contributed by atoms with E-state index in [1.54, 1.807) is 17.7 Å². The zero-order valence-electron chi connectivity index (χ0n) is 8.83. The molecule has 0 saturated heterocycles. The second-order valence-corrected chi connectivity index (χ2v) is 4.46. The predicted molar refractivity (Wildman–Crippen MR) is 64.8 cm³/mol. The molecule has 0 aliphatic carbocycles. The monoisotopic (exact) mass is 253 g/mol. The highest BCUT2D eigenvalue weighted by molar-refractivity contribution is 6.38. The minimum Gasteiger partial charge on any atom is -0.252 e. The summed E-state index contributed by atoms with van der Waals surface area (Å²) in [6.45, 7) is 3.68. The highest BCUT2D eigenvalue weighted by Crippen LogP contribution is 2.30. The quantitative estimate of drug-likeness (QED) is 0.777. The lowest BCUT2D eigenvalue weighted by molar-refractivity contribution is 0.581. The number of halogens is 2. The highest BCUT2D eigenvalue weighted by Gasteiger charge is 2.14. The first-order valence-corrected chi connectivity index (χ1v) is 5.53. The van der Waals surface area contributed by atoms with Crippen LogP contribution in [-0.4, -0.2) is 9.78 Å². The molecule has 0 aliphatic heterocycles. The Morgan fingerprint density at radius 1 is 1.44 bits per heavy atom. The van der Waals surface area contributed by atoms with Gasteiger partial charge < -0.3 is 0 Å². The minimum atomic E-state index is -0.317. The van der Waals surface area contributed by atoms with Crippen molar-refractivity contribution in [3.8, 4) is 6.07 Å². The number of hydrogen-bond acceptors (Lipinski definition) is 2. The van der Waals surface area contributed by atoms with Gasteiger partial charge in [0.05, 0.1) is 11.1 Å². The summed E-state index contributed by atoms with van der Waals surface area (Å²) in [4.78, 5) is 0. The third-order valence-electron chi connectivity index (χ3n) is 2.52. The molecule has 16 heavy (non-hydrogen) atoms. The fourth-order valence-electron chi connectivity index (χ4n) is 1.68. The average Bonchev–Trinajstić information content (AvgIpc) is 2.56. The van der Waals surface area contributed by atoms with Crippen molar-refractivity contribution in [3.05, 3.63) is 27.9 Å². The standard InChI is InChI=1S/C11H9Cl2N3/c1-6(5-14)16-7(2)9-3-8(12)4-10(13)11(9)15-16/h3-4,6H,1-2H3. The molecule has 0 bridgehead atoms. The first-order valence-electron chi connectivity index (χ1n) is 4.78. The number of nitrogens with zero attached hydrogens (tertiary/aromatic N) is 3. The van der Waals surface area contributed by atoms with Gasteiger partial charge in [0.15, 0.2) is 0 Å². The number of benzene rings is 1. The fourth-order valence-corrected chi connectivity index (χ4v) is 2.21. The van der Waals surface area contributed by atoms with Crippen LogP contribution < -0.4 is 0 Å². The van der Waals surface area contributed by atoms with Crippen molar-refractivity contribution >= 4 is 34.1 Å². The van der Waals surface area contributed by atoms with Gasteiger partial charge in [-0.3, -0.25) is 4.68 Å². The maximum Gasteiger partial charge on any atom is 0.136 e. The van der Waals surface area contributed by atoms with E-state index in [4.69, 9.17) is 28.5 Å². The molecule has 0 amide bonds. The van der Waals surface area contributed by atoms with Gasteiger partial charge >= 0.3 is 0 Å². The minimum absolute atomic E-state index is 0.317. The Morgan fingerprint density at radius 2 is 2.12 bits per heavy atom. The Bertz CT molecular complexity index is 595. The molecule has 0 spiro atoms. The van der Waals surface area contributed by atoms with E-state index < -0.39 is 0 Å². The Kier molecular flexibility index (Phi) is 2.79. The lowest BCUT2D eigenvalue weighted by Gasteiger charge is -2.04. The molecule has 1 heterocycles. The van der Waals surface area contributed by atoms with Crippen molar-refractivity contribution < 1.29 is 0 Å². The number of rotatable bonds is 1. The number of fused-ring (bicyclic) bond motifs is 1. The van der Waals surface area contributed by atoms with Gasteiger partial charge in [-0.2, -0.15) is 10.4 Å². The van der Waals surface area contributed by atoms with Crippen molar-refractivity contribution in [3.63, 3.8) is 0 Å². The highest BCUT2D eigenvalue weighted by atomic mass is 35.5. The molecule has 0 saturated carbocycles. The van der Waals surface area contributed by atoms with E-state index in [9.17, 15) is 0 Å². The summed E-state index contributed by atoms with van der Waals surface area (Å²) in [7, 11) is 0. The van der Waals surface area contributed by atoms with Crippen LogP contribution in [-0.2, 0) is 0 Å². The molecular formula is C11H9Cl2N3. The molecule has 0 N–H and O–H groups in total. The predicted octanol–water partition coefficient (Wildman–Crippen LogP) is 3.74. The first-order chi connectivity index (χ1) is 7.54. The fraction of sp³-hybridized carbons (Fsp3) is 0.273. The first kappa shape index (κ1) is 11.3. The SMILES string of the molecule is Cc1c2cc(Cl)cc(Cl)c2nn1C(C)C#N. The third-order valence-corrected chi connectivity index (χ3v) is 3.03. The van der Waals surface area contributed by atoms with E-state index in [2.05, 4.69) is 11.2 Å². The van der Waals surface area contributed by atoms with E-state index in [-0.39, 0.29) is 6.04 Å². The topological polar surface area (TPSA) is 41.6 Å². The van der Waals surface area contributed by atoms with E-state index in [0.717, 1.165) is 11.1 Å². The number of aryl methyl sites for hydroxylation is 1. The summed E-state index contributed by atoms with van der Waals surface area (Å²) in [6.07, 6.45) is 0. The van der Waals surface area contributed by atoms with Gasteiger partial charge in [0.2, 0.25) is 0 Å². The largest absolute Gasteiger partial charge is 0.252 e. The number of hydrogen-bond donors (Lipinski definition) is 0. The molecule has 1 unspecified atom stereocenters. The zero-order valence-corrected chi connectivity index (χ0v) is 10.3. The number of nitriles is 1. The molecule has 5 heteroatoms. The Hall–Kier alpha value is -1.24. The van der Waals surface area contributed by atoms with Crippen LogP contribution in [0.3, 0.4) is 0 Å². The van der Waals surface area contributed by atoms with Gasteiger partial charge in [-0.15, -0.1) is 0 Å². The van der Waals surface area contributed by atoms with Gasteiger partial charge in [0.25, 0.3) is 0 Å². The van der Waals surface area contributed by atoms with Crippen LogP contribution in [0.15, 0.2) is 12.1 Å². The molecule has 2 rings (SSSR count). The summed E-state index contributed by atoms with van der Waals surface area (Å²) >= 11 is 12.0. The molecule has 0 aliphatic rings. The second kappa shape index (κ2) is 3.97. The van der Waals surface area contributed by atoms with Crippen LogP contribution >= 0.6 is 23.2 Å². The van der Waals surface area contributed by atoms with Crippen molar-refractivity contribution in [1.29, 1.82) is 5.26 Å². The smallest absolute Gasteiger partial charge is 0.136 e. The van der Waals surface area contributed by atoms with Gasteiger partial charge in [-0.25, -0.2) is 0 Å². The average molecular weight is 254 g/mol. The molecule has 1 atom stereocenters. The third kappa shape index (κ3) is 1.64. The normalized spacial score (nSPS) is 12.7. The molecule has 1 aromatic carbocycles. The summed E-state index contributed by atoms with van der Waals surface area (Å²) in [5.74, 6) is 0. The van der Waals surface area contributed by atoms with Gasteiger partial charge in [0.1, 0.15) is 11.6 Å². The number of aromatic nitrogens is 2. The van der Waals surface area contributed by atoms with Crippen LogP contribution in [0.25, 0.3) is 10.9 Å². The van der Waals surface area contributed by atoms with Gasteiger partial charge in [0, 0.05) is 16.1 Å². The Balaban J connectivity index is 2.79. The van der Waals surface area contributed by atoms with E-state index >= 15 is 0 Å². The molecule has 0 fully saturated rings. The van der Waals surface area contributed by atoms with Crippen LogP contribution in [0.4, 0.5) is 0 Å². The lowest BCUT2D eigenvalue weighted by atomic mass is 10.2. The molecule has 3 nitrogen and oxygen atoms in total. The lowest BCUT2D eigenvalue weighted by Crippen LogP contribution is -2.05. The maximum atomic E-state index is 8.89. The zero-order chi connectivity index (χ0) is 11.9. The molecule has 2 aromatic rings. The molecule has 82 valence electrons. The van der Waals surface area contributed by atoms with E-state index in [0.29, 0.717) is 15.6 Å². The maximum absolute atomic E-state index is 8.89. The van der Waals surface area contributed by atoms with Crippen LogP contribution in [0.5, 0.6) is 0 Å². The summed E-state index contributed by atoms with van der Waals surface area (Å²) < 4.78 is 1.66. The molecule has 1 aromatic heterocycles. The van der Waals surface area contributed by atoms with Gasteiger partial charge in [-0.1, -0.05) is 23.2 Å². The van der Waals surface area contributed by atoms with Crippen LogP contribution in [0, 0.1) is 18.3 Å². The summed E-state index contributed by atoms with van der Waals surface area (Å²) in [6, 6.07) is 5.29. The molecular weight excluding hydrogens is 245 g/mol. The summed E-state index contributed by atoms with van der Waals surface area (Å²) in [5, 5.41) is 15.2. The second-order valence-electron chi connectivity index (χ2n) is 3.62. The van der Waals surface area contributed by atoms with Crippen molar-refractivity contribution in [2.24, 2.45) is 0 Å². The van der Waals surface area contributed by atoms with Crippen molar-refractivity contribution in [1.82, 2.24) is 9.78 Å². The van der Waals surface area contributed by atoms with Crippen molar-refractivity contribution in [2.75, 3.05) is 0 Å². The Morgan fingerprint density at radius 3 is 2.75 bits per heavy atom. The molecule has 0 radical (unpaired) electrons. The Labute approximate surface area is 103 Å². The van der Waals surface area contributed by atoms with Crippen molar-refractivity contribution in [2.45, 2.75) is 19.9 Å². The van der Waals surface area contributed by atoms with Gasteiger partial charge in [-0.05, 0) is 26.0 Å².